The first-order valence-electron chi connectivity index (χ1n) is 6.75. The van der Waals surface area contributed by atoms with E-state index < -0.39 is 37.3 Å². The van der Waals surface area contributed by atoms with Gasteiger partial charge in [-0.2, -0.15) is 0 Å². The van der Waals surface area contributed by atoms with Crippen molar-refractivity contribution in [3.63, 3.8) is 0 Å². The van der Waals surface area contributed by atoms with Crippen molar-refractivity contribution in [2.45, 2.75) is 30.7 Å². The molecule has 1 aliphatic heterocycles. The topological polar surface area (TPSA) is 115 Å². The Morgan fingerprint density at radius 3 is 2.68 bits per heavy atom. The average molecular weight is 374 g/mol. The van der Waals surface area contributed by atoms with Gasteiger partial charge in [0.15, 0.2) is 0 Å². The Kier molecular flexibility index (Phi) is 4.40. The van der Waals surface area contributed by atoms with Crippen LogP contribution in [0.3, 0.4) is 0 Å². The van der Waals surface area contributed by atoms with Crippen LogP contribution in [-0.4, -0.2) is 62.7 Å². The highest BCUT2D eigenvalue weighted by Gasteiger charge is 2.44. The number of hydrogen-bond acceptors (Lipinski definition) is 6. The van der Waals surface area contributed by atoms with E-state index in [9.17, 15) is 15.3 Å². The van der Waals surface area contributed by atoms with Crippen LogP contribution in [0.4, 0.5) is 0 Å². The number of nitrogens with one attached hydrogen (secondary N) is 1. The fourth-order valence-electron chi connectivity index (χ4n) is 2.46. The molecule has 7 nitrogen and oxygen atoms in total. The van der Waals surface area contributed by atoms with E-state index >= 15 is 0 Å². The van der Waals surface area contributed by atoms with Crippen LogP contribution in [-0.2, 0) is 4.74 Å². The molecule has 5 N–H and O–H groups in total. The van der Waals surface area contributed by atoms with Crippen molar-refractivity contribution in [3.05, 3.63) is 28.9 Å². The molecule has 2 heterocycles. The summed E-state index contributed by atoms with van der Waals surface area (Å²) in [5.74, 6) is 0.437. The zero-order valence-corrected chi connectivity index (χ0v) is 13.0. The van der Waals surface area contributed by atoms with Crippen LogP contribution >= 0.6 is 15.9 Å². The van der Waals surface area contributed by atoms with Gasteiger partial charge in [0.1, 0.15) is 30.2 Å². The zero-order chi connectivity index (χ0) is 15.9. The van der Waals surface area contributed by atoms with Gasteiger partial charge < -0.3 is 34.9 Å². The van der Waals surface area contributed by atoms with Gasteiger partial charge in [0.05, 0.1) is 12.1 Å². The molecule has 3 rings (SSSR count). The summed E-state index contributed by atoms with van der Waals surface area (Å²) in [4.78, 5) is 3.03. The lowest BCUT2D eigenvalue weighted by atomic mass is 9.99. The van der Waals surface area contributed by atoms with Crippen LogP contribution in [0.15, 0.2) is 28.9 Å². The molecule has 120 valence electrons. The highest BCUT2D eigenvalue weighted by atomic mass is 79.9. The molecule has 0 bridgehead atoms. The van der Waals surface area contributed by atoms with E-state index in [0.29, 0.717) is 5.75 Å². The highest BCUT2D eigenvalue weighted by Crippen LogP contribution is 2.31. The maximum absolute atomic E-state index is 9.98. The van der Waals surface area contributed by atoms with Crippen molar-refractivity contribution in [1.29, 1.82) is 0 Å². The SMILES string of the molecule is OC[C@H]1O[C@@H](Oc2c[nH]c3cc(Br)ccc23)[C@H](O)[C@@H](O)[C@@H]1O. The molecule has 8 heteroatoms. The number of fused-ring (bicyclic) bond motifs is 1. The van der Waals surface area contributed by atoms with Crippen LogP contribution < -0.4 is 4.74 Å². The summed E-state index contributed by atoms with van der Waals surface area (Å²) < 4.78 is 11.8. The van der Waals surface area contributed by atoms with E-state index in [1.54, 1.807) is 6.20 Å². The van der Waals surface area contributed by atoms with Gasteiger partial charge >= 0.3 is 0 Å². The second kappa shape index (κ2) is 6.15. The maximum Gasteiger partial charge on any atom is 0.229 e. The van der Waals surface area contributed by atoms with Crippen molar-refractivity contribution in [2.75, 3.05) is 6.61 Å². The van der Waals surface area contributed by atoms with Gasteiger partial charge in [0.25, 0.3) is 0 Å². The van der Waals surface area contributed by atoms with Crippen LogP contribution in [0.25, 0.3) is 10.9 Å². The quantitative estimate of drug-likeness (QED) is 0.521. The standard InChI is InChI=1S/C14H16BrNO6/c15-6-1-2-7-8(3-6)16-4-9(7)21-14-13(20)12(19)11(18)10(5-17)22-14/h1-4,10-14,16-20H,5H2/t10-,11-,12+,13-,14-/m1/s1. The minimum Gasteiger partial charge on any atom is -0.460 e. The Bertz CT molecular complexity index is 660. The van der Waals surface area contributed by atoms with Crippen LogP contribution in [0.2, 0.25) is 0 Å². The van der Waals surface area contributed by atoms with Gasteiger partial charge in [0, 0.05) is 16.1 Å². The molecule has 0 aliphatic carbocycles. The first kappa shape index (κ1) is 15.7. The number of rotatable bonds is 3. The molecule has 0 amide bonds. The second-order valence-corrected chi connectivity index (χ2v) is 6.07. The molecule has 0 spiro atoms. The van der Waals surface area contributed by atoms with E-state index in [-0.39, 0.29) is 0 Å². The number of hydrogen-bond donors (Lipinski definition) is 5. The van der Waals surface area contributed by atoms with Gasteiger partial charge in [-0.3, -0.25) is 0 Å². The summed E-state index contributed by atoms with van der Waals surface area (Å²) in [6, 6.07) is 5.54. The molecule has 2 aromatic rings. The third kappa shape index (κ3) is 2.73. The van der Waals surface area contributed by atoms with E-state index in [1.165, 1.54) is 0 Å². The van der Waals surface area contributed by atoms with Gasteiger partial charge in [0.2, 0.25) is 6.29 Å². The Morgan fingerprint density at radius 1 is 1.18 bits per heavy atom. The molecule has 1 saturated heterocycles. The predicted molar refractivity (Wildman–Crippen MR) is 80.4 cm³/mol. The van der Waals surface area contributed by atoms with Crippen LogP contribution in [0.5, 0.6) is 5.75 Å². The molecule has 22 heavy (non-hydrogen) atoms. The first-order chi connectivity index (χ1) is 10.5. The maximum atomic E-state index is 9.98. The van der Waals surface area contributed by atoms with Gasteiger partial charge in [-0.05, 0) is 18.2 Å². The van der Waals surface area contributed by atoms with Crippen molar-refractivity contribution in [2.24, 2.45) is 0 Å². The largest absolute Gasteiger partial charge is 0.460 e. The lowest BCUT2D eigenvalue weighted by Crippen LogP contribution is -2.60. The highest BCUT2D eigenvalue weighted by molar-refractivity contribution is 9.10. The summed E-state index contributed by atoms with van der Waals surface area (Å²) in [5, 5.41) is 39.4. The number of aliphatic hydroxyl groups is 4. The Hall–Kier alpha value is -1.16. The van der Waals surface area contributed by atoms with E-state index in [1.807, 2.05) is 18.2 Å². The minimum absolute atomic E-state index is 0.437. The summed E-state index contributed by atoms with van der Waals surface area (Å²) in [6.07, 6.45) is -4.88. The summed E-state index contributed by atoms with van der Waals surface area (Å²) in [5.41, 5.74) is 0.828. The normalized spacial score (nSPS) is 32.3. The average Bonchev–Trinajstić information content (AvgIpc) is 2.90. The Labute approximate surface area is 134 Å². The molecule has 5 atom stereocenters. The van der Waals surface area contributed by atoms with Gasteiger partial charge in [-0.1, -0.05) is 15.9 Å². The summed E-state index contributed by atoms with van der Waals surface area (Å²) in [7, 11) is 0. The molecule has 0 saturated carbocycles. The predicted octanol–water partition coefficient (Wildman–Crippen LogP) is 0.109. The lowest BCUT2D eigenvalue weighted by molar-refractivity contribution is -0.277. The molecule has 1 aliphatic rings. The van der Waals surface area contributed by atoms with Crippen molar-refractivity contribution >= 4 is 26.8 Å². The number of aromatic nitrogens is 1. The lowest BCUT2D eigenvalue weighted by Gasteiger charge is -2.39. The summed E-state index contributed by atoms with van der Waals surface area (Å²) in [6.45, 7) is -0.494. The van der Waals surface area contributed by atoms with Crippen molar-refractivity contribution in [3.8, 4) is 5.75 Å². The fourth-order valence-corrected chi connectivity index (χ4v) is 2.82. The van der Waals surface area contributed by atoms with Crippen LogP contribution in [0.1, 0.15) is 0 Å². The molecule has 1 fully saturated rings. The zero-order valence-electron chi connectivity index (χ0n) is 11.4. The molecular weight excluding hydrogens is 358 g/mol. The number of H-pyrrole nitrogens is 1. The van der Waals surface area contributed by atoms with E-state index in [4.69, 9.17) is 14.6 Å². The fraction of sp³-hybridized carbons (Fsp3) is 0.429. The molecule has 0 unspecified atom stereocenters. The molecular formula is C14H16BrNO6. The third-order valence-electron chi connectivity index (χ3n) is 3.70. The van der Waals surface area contributed by atoms with E-state index in [0.717, 1.165) is 15.4 Å². The number of aromatic amines is 1. The number of halogens is 1. The minimum atomic E-state index is -1.46. The van der Waals surface area contributed by atoms with Crippen LogP contribution in [0, 0.1) is 0 Å². The Balaban J connectivity index is 1.84. The number of aliphatic hydroxyl groups excluding tert-OH is 4. The van der Waals surface area contributed by atoms with Crippen molar-refractivity contribution < 1.29 is 29.9 Å². The summed E-state index contributed by atoms with van der Waals surface area (Å²) >= 11 is 3.37. The third-order valence-corrected chi connectivity index (χ3v) is 4.19. The van der Waals surface area contributed by atoms with Gasteiger partial charge in [-0.25, -0.2) is 0 Å². The monoisotopic (exact) mass is 373 g/mol. The first-order valence-corrected chi connectivity index (χ1v) is 7.54. The van der Waals surface area contributed by atoms with Crippen molar-refractivity contribution in [1.82, 2.24) is 4.98 Å². The molecule has 1 aromatic heterocycles. The second-order valence-electron chi connectivity index (χ2n) is 5.16. The number of ether oxygens (including phenoxy) is 2. The Morgan fingerprint density at radius 2 is 1.95 bits per heavy atom. The number of benzene rings is 1. The molecule has 0 radical (unpaired) electrons. The molecule has 1 aromatic carbocycles. The van der Waals surface area contributed by atoms with Gasteiger partial charge in [-0.15, -0.1) is 0 Å². The smallest absolute Gasteiger partial charge is 0.229 e. The van der Waals surface area contributed by atoms with E-state index in [2.05, 4.69) is 20.9 Å².